The molecule has 0 fully saturated rings. The van der Waals surface area contributed by atoms with Crippen molar-refractivity contribution in [3.8, 4) is 11.3 Å². The van der Waals surface area contributed by atoms with Crippen molar-refractivity contribution in [1.29, 1.82) is 0 Å². The van der Waals surface area contributed by atoms with Crippen molar-refractivity contribution in [3.05, 3.63) is 43.8 Å². The van der Waals surface area contributed by atoms with E-state index in [0.717, 1.165) is 22.7 Å². The van der Waals surface area contributed by atoms with E-state index in [9.17, 15) is 4.79 Å². The third-order valence-corrected chi connectivity index (χ3v) is 4.20. The van der Waals surface area contributed by atoms with E-state index < -0.39 is 0 Å². The molecule has 0 bridgehead atoms. The number of hydrogen-bond acceptors (Lipinski definition) is 4. The lowest BCUT2D eigenvalue weighted by Gasteiger charge is -2.18. The number of nitrogens with one attached hydrogen (secondary N) is 1. The monoisotopic (exact) mass is 312 g/mol. The van der Waals surface area contributed by atoms with Crippen LogP contribution in [-0.4, -0.2) is 34.7 Å². The van der Waals surface area contributed by atoms with Crippen molar-refractivity contribution in [2.45, 2.75) is 13.5 Å². The first-order chi connectivity index (χ1) is 9.63. The molecule has 2 rings (SSSR count). The van der Waals surface area contributed by atoms with Gasteiger partial charge >= 0.3 is 4.87 Å². The van der Waals surface area contributed by atoms with Gasteiger partial charge in [0.15, 0.2) is 0 Å². The fourth-order valence-electron chi connectivity index (χ4n) is 2.01. The minimum absolute atomic E-state index is 0.0648. The van der Waals surface area contributed by atoms with Gasteiger partial charge in [-0.25, -0.2) is 0 Å². The second-order valence-corrected chi connectivity index (χ2v) is 5.92. The topological polar surface area (TPSA) is 56.3 Å². The Balaban J connectivity index is 2.30. The number of halogens is 1. The minimum atomic E-state index is -0.0648. The van der Waals surface area contributed by atoms with Gasteiger partial charge in [0.2, 0.25) is 0 Å². The van der Waals surface area contributed by atoms with E-state index in [0.29, 0.717) is 18.1 Å². The highest BCUT2D eigenvalue weighted by Gasteiger charge is 2.13. The molecule has 4 nitrogen and oxygen atoms in total. The highest BCUT2D eigenvalue weighted by atomic mass is 35.5. The zero-order valence-corrected chi connectivity index (χ0v) is 12.8. The van der Waals surface area contributed by atoms with E-state index >= 15 is 0 Å². The quantitative estimate of drug-likeness (QED) is 0.862. The highest BCUT2D eigenvalue weighted by molar-refractivity contribution is 7.09. The zero-order valence-electron chi connectivity index (χ0n) is 11.2. The molecule has 0 saturated heterocycles. The highest BCUT2D eigenvalue weighted by Crippen LogP contribution is 2.25. The van der Waals surface area contributed by atoms with Crippen molar-refractivity contribution in [1.82, 2.24) is 9.88 Å². The zero-order chi connectivity index (χ0) is 14.5. The lowest BCUT2D eigenvalue weighted by Crippen LogP contribution is -2.25. The van der Waals surface area contributed by atoms with Gasteiger partial charge in [-0.3, -0.25) is 9.69 Å². The van der Waals surface area contributed by atoms with Crippen LogP contribution in [0.15, 0.2) is 29.1 Å². The molecule has 108 valence electrons. The molecule has 1 aromatic heterocycles. The van der Waals surface area contributed by atoms with Gasteiger partial charge in [-0.05, 0) is 24.2 Å². The van der Waals surface area contributed by atoms with Gasteiger partial charge in [-0.15, -0.1) is 0 Å². The summed E-state index contributed by atoms with van der Waals surface area (Å²) in [5.74, 6) is 0. The first-order valence-electron chi connectivity index (χ1n) is 6.45. The van der Waals surface area contributed by atoms with Crippen LogP contribution in [0, 0.1) is 0 Å². The molecule has 0 radical (unpaired) electrons. The van der Waals surface area contributed by atoms with Gasteiger partial charge in [0.05, 0.1) is 12.3 Å². The van der Waals surface area contributed by atoms with Crippen LogP contribution in [0.4, 0.5) is 0 Å². The summed E-state index contributed by atoms with van der Waals surface area (Å²) in [4.78, 5) is 17.5. The van der Waals surface area contributed by atoms with E-state index in [1.165, 1.54) is 11.3 Å². The number of H-pyrrole nitrogens is 1. The van der Waals surface area contributed by atoms with Gasteiger partial charge in [-0.1, -0.05) is 42.0 Å². The van der Waals surface area contributed by atoms with Crippen molar-refractivity contribution in [2.75, 3.05) is 19.7 Å². The molecular weight excluding hydrogens is 296 g/mol. The van der Waals surface area contributed by atoms with E-state index in [-0.39, 0.29) is 11.5 Å². The molecule has 0 saturated carbocycles. The fourth-order valence-corrected chi connectivity index (χ4v) is 3.04. The maximum Gasteiger partial charge on any atom is 0.305 e. The Kier molecular flexibility index (Phi) is 5.37. The number of likely N-dealkylation sites (N-methyl/N-ethyl adjacent to an activating group) is 1. The first-order valence-corrected chi connectivity index (χ1v) is 7.64. The van der Waals surface area contributed by atoms with Crippen molar-refractivity contribution < 1.29 is 5.11 Å². The molecule has 0 aliphatic rings. The Morgan fingerprint density at radius 3 is 2.65 bits per heavy atom. The number of aliphatic hydroxyl groups is 1. The standard InChI is InChI=1S/C14H17ClN2O2S/c1-2-17(7-8-18)9-12-13(16-14(19)20-12)10-3-5-11(15)6-4-10/h3-6,18H,2,7-9H2,1H3,(H,16,19). The number of aromatic amines is 1. The second-order valence-electron chi connectivity index (χ2n) is 4.41. The minimum Gasteiger partial charge on any atom is -0.395 e. The maximum absolute atomic E-state index is 11.6. The first kappa shape index (κ1) is 15.3. The third-order valence-electron chi connectivity index (χ3n) is 3.09. The van der Waals surface area contributed by atoms with E-state index in [1.807, 2.05) is 31.2 Å². The lowest BCUT2D eigenvalue weighted by molar-refractivity contribution is 0.198. The maximum atomic E-state index is 11.6. The molecular formula is C14H17ClN2O2S. The van der Waals surface area contributed by atoms with Crippen LogP contribution in [0.5, 0.6) is 0 Å². The average molecular weight is 313 g/mol. The van der Waals surface area contributed by atoms with Crippen LogP contribution in [0.25, 0.3) is 11.3 Å². The predicted molar refractivity (Wildman–Crippen MR) is 83.4 cm³/mol. The third kappa shape index (κ3) is 3.70. The Labute approximate surface area is 126 Å². The molecule has 0 unspecified atom stereocenters. The number of aromatic nitrogens is 1. The molecule has 0 aliphatic heterocycles. The number of hydrogen-bond donors (Lipinski definition) is 2. The van der Waals surface area contributed by atoms with Crippen LogP contribution in [0.2, 0.25) is 5.02 Å². The molecule has 1 aromatic carbocycles. The molecule has 0 aliphatic carbocycles. The summed E-state index contributed by atoms with van der Waals surface area (Å²) in [6.45, 7) is 4.23. The van der Waals surface area contributed by atoms with Gasteiger partial charge in [0.25, 0.3) is 0 Å². The number of nitrogens with zero attached hydrogens (tertiary/aromatic N) is 1. The van der Waals surface area contributed by atoms with Crippen LogP contribution < -0.4 is 4.87 Å². The summed E-state index contributed by atoms with van der Waals surface area (Å²) in [5, 5.41) is 9.72. The number of thiazole rings is 1. The second kappa shape index (κ2) is 7.04. The molecule has 0 atom stereocenters. The Morgan fingerprint density at radius 2 is 2.05 bits per heavy atom. The van der Waals surface area contributed by atoms with E-state index in [2.05, 4.69) is 9.88 Å². The summed E-state index contributed by atoms with van der Waals surface area (Å²) in [6, 6.07) is 7.40. The molecule has 0 amide bonds. The van der Waals surface area contributed by atoms with Crippen LogP contribution in [0.3, 0.4) is 0 Å². The SMILES string of the molecule is CCN(CCO)Cc1sc(=O)[nH]c1-c1ccc(Cl)cc1. The lowest BCUT2D eigenvalue weighted by atomic mass is 10.1. The predicted octanol–water partition coefficient (Wildman–Crippen LogP) is 2.57. The largest absolute Gasteiger partial charge is 0.395 e. The van der Waals surface area contributed by atoms with Crippen molar-refractivity contribution >= 4 is 22.9 Å². The Morgan fingerprint density at radius 1 is 1.35 bits per heavy atom. The van der Waals surface area contributed by atoms with Crippen molar-refractivity contribution in [3.63, 3.8) is 0 Å². The molecule has 1 heterocycles. The van der Waals surface area contributed by atoms with Crippen LogP contribution >= 0.6 is 22.9 Å². The molecule has 20 heavy (non-hydrogen) atoms. The van der Waals surface area contributed by atoms with E-state index in [4.69, 9.17) is 16.7 Å². The molecule has 6 heteroatoms. The Hall–Kier alpha value is -1.14. The fraction of sp³-hybridized carbons (Fsp3) is 0.357. The normalized spacial score (nSPS) is 11.2. The van der Waals surface area contributed by atoms with Crippen LogP contribution in [0.1, 0.15) is 11.8 Å². The van der Waals surface area contributed by atoms with Gasteiger partial charge in [-0.2, -0.15) is 0 Å². The van der Waals surface area contributed by atoms with Gasteiger partial charge < -0.3 is 10.1 Å². The summed E-state index contributed by atoms with van der Waals surface area (Å²) in [7, 11) is 0. The van der Waals surface area contributed by atoms with Crippen molar-refractivity contribution in [2.24, 2.45) is 0 Å². The number of benzene rings is 1. The molecule has 2 N–H and O–H groups in total. The smallest absolute Gasteiger partial charge is 0.305 e. The summed E-state index contributed by atoms with van der Waals surface area (Å²) >= 11 is 7.10. The number of aliphatic hydroxyl groups excluding tert-OH is 1. The molecule has 2 aromatic rings. The van der Waals surface area contributed by atoms with E-state index in [1.54, 1.807) is 0 Å². The van der Waals surface area contributed by atoms with Gasteiger partial charge in [0.1, 0.15) is 0 Å². The average Bonchev–Trinajstić information content (AvgIpc) is 2.80. The van der Waals surface area contributed by atoms with Gasteiger partial charge in [0, 0.05) is 23.0 Å². The summed E-state index contributed by atoms with van der Waals surface area (Å²) in [6.07, 6.45) is 0. The summed E-state index contributed by atoms with van der Waals surface area (Å²) in [5.41, 5.74) is 1.79. The number of rotatable bonds is 6. The summed E-state index contributed by atoms with van der Waals surface area (Å²) < 4.78 is 0. The molecule has 0 spiro atoms. The Bertz CT molecular complexity index is 606. The van der Waals surface area contributed by atoms with Crippen LogP contribution in [-0.2, 0) is 6.54 Å².